The molecule has 0 bridgehead atoms. The molecule has 0 amide bonds. The number of carboxylic acid groups (broad SMARTS) is 1. The molecule has 0 saturated heterocycles. The van der Waals surface area contributed by atoms with Crippen LogP contribution in [0.4, 0.5) is 74.6 Å². The minimum atomic E-state index is -8.74. The van der Waals surface area contributed by atoms with Crippen LogP contribution in [0.1, 0.15) is 47.5 Å². The zero-order valence-corrected chi connectivity index (χ0v) is 23.3. The molecule has 43 heavy (non-hydrogen) atoms. The van der Waals surface area contributed by atoms with Crippen LogP contribution < -0.4 is 5.11 Å². The molecular weight excluding hydrogens is 670 g/mol. The normalized spacial score (nSPS) is 15.2. The third-order valence-electron chi connectivity index (χ3n) is 4.96. The Labute approximate surface area is 238 Å². The molecule has 0 spiro atoms. The molecule has 23 heteroatoms. The average Bonchev–Trinajstić information content (AvgIpc) is 2.76. The summed E-state index contributed by atoms with van der Waals surface area (Å²) >= 11 is -0.245. The van der Waals surface area contributed by atoms with Gasteiger partial charge in [0, 0.05) is 6.42 Å². The van der Waals surface area contributed by atoms with Crippen molar-refractivity contribution >= 4 is 27.6 Å². The van der Waals surface area contributed by atoms with E-state index in [0.717, 1.165) is 0 Å². The molecule has 5 nitrogen and oxygen atoms in total. The van der Waals surface area contributed by atoms with Crippen LogP contribution in [0.25, 0.3) is 0 Å². The Balaban J connectivity index is 0. The van der Waals surface area contributed by atoms with Crippen LogP contribution in [0.5, 0.6) is 0 Å². The first-order chi connectivity index (χ1) is 18.6. The van der Waals surface area contributed by atoms with Crippen LogP contribution >= 0.6 is 0 Å². The second-order valence-electron chi connectivity index (χ2n) is 9.14. The number of carboxylic acids is 1. The van der Waals surface area contributed by atoms with Gasteiger partial charge in [-0.2, -0.15) is 74.6 Å². The molecule has 0 aliphatic rings. The molecule has 0 aliphatic heterocycles. The number of halogens is 17. The third-order valence-corrected chi connectivity index (χ3v) is 6.28. The van der Waals surface area contributed by atoms with Gasteiger partial charge in [-0.15, -0.1) is 0 Å². The standard InChI is InChI=1S/C14H9F17O3.2C3H7O.Al/c1-4(32)5(6(33)34)2-3-7(15,16)8(17,18)9(19,20)10(21,22)11(23,24)12(25,26)13(27,28)14(29,30)31;2*1-3(2)4;/h5H,2-3H2,1H3,(H,33,34);2*3H,1-2H3;/q;2*-1;+3/p-1. The van der Waals surface area contributed by atoms with Gasteiger partial charge < -0.3 is 9.90 Å². The van der Waals surface area contributed by atoms with Gasteiger partial charge in [0.2, 0.25) is 0 Å². The average molecular weight is 692 g/mol. The molecule has 0 fully saturated rings. The van der Waals surface area contributed by atoms with Gasteiger partial charge in [0.15, 0.2) is 0 Å². The molecule has 0 N–H and O–H groups in total. The maximum absolute atomic E-state index is 13.6. The molecule has 1 unspecified atom stereocenters. The fourth-order valence-electron chi connectivity index (χ4n) is 2.42. The Morgan fingerprint density at radius 2 is 0.907 bits per heavy atom. The van der Waals surface area contributed by atoms with E-state index >= 15 is 0 Å². The van der Waals surface area contributed by atoms with Crippen molar-refractivity contribution in [3.05, 3.63) is 0 Å². The molecule has 0 aromatic carbocycles. The zero-order valence-electron chi connectivity index (χ0n) is 22.2. The summed E-state index contributed by atoms with van der Waals surface area (Å²) in [6.07, 6.45) is -12.3. The SMILES string of the molecule is CC(=O)C(CCC(F)(F)C(F)(F)C(F)(F)C(F)(F)C(F)(F)C(F)(F)C(F)(F)C(F)(F)F)C(=O)[O-].CC(C)[O][Al+][O]C(C)C. The van der Waals surface area contributed by atoms with Gasteiger partial charge in [0.1, 0.15) is 5.78 Å². The molecule has 254 valence electrons. The summed E-state index contributed by atoms with van der Waals surface area (Å²) in [4.78, 5) is 21.4. The molecule has 0 heterocycles. The van der Waals surface area contributed by atoms with Crippen LogP contribution in [0.3, 0.4) is 0 Å². The van der Waals surface area contributed by atoms with Crippen molar-refractivity contribution in [1.82, 2.24) is 0 Å². The van der Waals surface area contributed by atoms with Crippen LogP contribution in [-0.4, -0.2) is 87.5 Å². The van der Waals surface area contributed by atoms with Crippen LogP contribution in [0, 0.1) is 5.92 Å². The van der Waals surface area contributed by atoms with Gasteiger partial charge >= 0.3 is 111 Å². The number of carbonyl (C=O) groups excluding carboxylic acids is 2. The first-order valence-corrected chi connectivity index (χ1v) is 12.1. The van der Waals surface area contributed by atoms with Crippen molar-refractivity contribution in [3.63, 3.8) is 0 Å². The van der Waals surface area contributed by atoms with Gasteiger partial charge in [-0.3, -0.25) is 4.79 Å². The Kier molecular flexibility index (Phi) is 14.4. The Bertz CT molecular complexity index is 913. The molecule has 0 aromatic heterocycles. The van der Waals surface area contributed by atoms with Gasteiger partial charge in [-0.05, 0) is 13.3 Å². The van der Waals surface area contributed by atoms with E-state index in [1.807, 2.05) is 27.7 Å². The monoisotopic (exact) mass is 692 g/mol. The second kappa shape index (κ2) is 14.2. The van der Waals surface area contributed by atoms with Crippen LogP contribution in [0.2, 0.25) is 0 Å². The van der Waals surface area contributed by atoms with E-state index in [2.05, 4.69) is 0 Å². The molecule has 0 rings (SSSR count). The minimum absolute atomic E-state index is 0.245. The Morgan fingerprint density at radius 3 is 1.16 bits per heavy atom. The summed E-state index contributed by atoms with van der Waals surface area (Å²) in [6.45, 7) is 8.35. The van der Waals surface area contributed by atoms with Crippen molar-refractivity contribution in [2.75, 3.05) is 0 Å². The van der Waals surface area contributed by atoms with Crippen LogP contribution in [-0.2, 0) is 17.2 Å². The summed E-state index contributed by atoms with van der Waals surface area (Å²) in [5.41, 5.74) is 0. The van der Waals surface area contributed by atoms with Crippen molar-refractivity contribution in [3.8, 4) is 0 Å². The van der Waals surface area contributed by atoms with Gasteiger partial charge in [0.05, 0.1) is 11.9 Å². The number of alkyl halides is 17. The number of Topliss-reactive ketones (excluding diaryl/α,β-unsaturated/α-hetero) is 1. The first-order valence-electron chi connectivity index (χ1n) is 11.2. The molecule has 0 aromatic rings. The van der Waals surface area contributed by atoms with E-state index < -0.39 is 78.1 Å². The van der Waals surface area contributed by atoms with E-state index in [4.69, 9.17) is 7.58 Å². The number of hydrogen-bond acceptors (Lipinski definition) is 5. The Hall–Kier alpha value is -1.60. The van der Waals surface area contributed by atoms with E-state index in [9.17, 15) is 89.3 Å². The van der Waals surface area contributed by atoms with Crippen molar-refractivity contribution in [2.24, 2.45) is 5.92 Å². The number of carbonyl (C=O) groups is 2. The van der Waals surface area contributed by atoms with E-state index in [1.165, 1.54) is 0 Å². The summed E-state index contributed by atoms with van der Waals surface area (Å²) < 4.78 is 232. The van der Waals surface area contributed by atoms with Crippen molar-refractivity contribution in [2.45, 2.75) is 107 Å². The summed E-state index contributed by atoms with van der Waals surface area (Å²) in [6, 6.07) is 0. The number of ketones is 1. The third kappa shape index (κ3) is 8.99. The fraction of sp³-hybridized carbons (Fsp3) is 0.900. The summed E-state index contributed by atoms with van der Waals surface area (Å²) in [5, 5.41) is 10.5. The number of hydrogen-bond donors (Lipinski definition) is 0. The molecule has 0 saturated carbocycles. The quantitative estimate of drug-likeness (QED) is 0.118. The number of aliphatic carboxylic acids is 1. The summed E-state index contributed by atoms with van der Waals surface area (Å²) in [7, 11) is 0. The zero-order chi connectivity index (χ0) is 35.4. The number of rotatable bonds is 15. The first kappa shape index (κ1) is 43.5. The van der Waals surface area contributed by atoms with Crippen molar-refractivity contribution < 1.29 is 96.9 Å². The van der Waals surface area contributed by atoms with E-state index in [-0.39, 0.29) is 15.9 Å². The molecule has 0 radical (unpaired) electrons. The molecular formula is C20H22AlF17O5. The van der Waals surface area contributed by atoms with E-state index in [1.54, 1.807) is 0 Å². The van der Waals surface area contributed by atoms with Crippen molar-refractivity contribution in [1.29, 1.82) is 0 Å². The topological polar surface area (TPSA) is 75.7 Å². The molecule has 1 atom stereocenters. The second-order valence-corrected chi connectivity index (χ2v) is 9.87. The van der Waals surface area contributed by atoms with E-state index in [0.29, 0.717) is 19.1 Å². The van der Waals surface area contributed by atoms with Gasteiger partial charge in [-0.25, -0.2) is 0 Å². The fourth-order valence-corrected chi connectivity index (χ4v) is 2.93. The predicted molar refractivity (Wildman–Crippen MR) is 107 cm³/mol. The maximum atomic E-state index is 13.6. The van der Waals surface area contributed by atoms with Crippen LogP contribution in [0.15, 0.2) is 0 Å². The van der Waals surface area contributed by atoms with Gasteiger partial charge in [0.25, 0.3) is 0 Å². The predicted octanol–water partition coefficient (Wildman–Crippen LogP) is 6.10. The summed E-state index contributed by atoms with van der Waals surface area (Å²) in [5.74, 6) is -64.4. The van der Waals surface area contributed by atoms with Gasteiger partial charge in [-0.1, -0.05) is 0 Å². The molecule has 0 aliphatic carbocycles. The Morgan fingerprint density at radius 1 is 0.605 bits per heavy atom.